The summed E-state index contributed by atoms with van der Waals surface area (Å²) < 4.78 is 0. The van der Waals surface area contributed by atoms with Gasteiger partial charge in [0.25, 0.3) is 0 Å². The molecule has 4 heteroatoms. The molecule has 0 bridgehead atoms. The van der Waals surface area contributed by atoms with Crippen LogP contribution >= 0.6 is 11.3 Å². The van der Waals surface area contributed by atoms with Crippen molar-refractivity contribution in [3.63, 3.8) is 0 Å². The first-order valence-corrected chi connectivity index (χ1v) is 7.22. The average Bonchev–Trinajstić information content (AvgIpc) is 2.79. The number of ketones is 1. The molecule has 1 heterocycles. The normalized spacial score (nSPS) is 11.0. The van der Waals surface area contributed by atoms with E-state index in [-0.39, 0.29) is 5.78 Å². The standard InChI is InChI=1S/C16H18N2OS/c1-11-5-7-13(8-6-11)16-17-12(2)15(20-16)14(19)9-10-18(3)4/h5-10H,1-4H3/b10-9+. The summed E-state index contributed by atoms with van der Waals surface area (Å²) in [7, 11) is 3.78. The third kappa shape index (κ3) is 3.33. The van der Waals surface area contributed by atoms with Gasteiger partial charge in [-0.15, -0.1) is 11.3 Å². The summed E-state index contributed by atoms with van der Waals surface area (Å²) in [5.41, 5.74) is 3.06. The van der Waals surface area contributed by atoms with Crippen LogP contribution in [-0.4, -0.2) is 29.8 Å². The lowest BCUT2D eigenvalue weighted by molar-refractivity contribution is 0.104. The molecule has 3 nitrogen and oxygen atoms in total. The SMILES string of the molecule is Cc1ccc(-c2nc(C)c(C(=O)/C=C/N(C)C)s2)cc1. The number of benzene rings is 1. The van der Waals surface area contributed by atoms with Gasteiger partial charge in [0.05, 0.1) is 10.6 Å². The second kappa shape index (κ2) is 6.01. The minimum absolute atomic E-state index is 0.00654. The lowest BCUT2D eigenvalue weighted by Gasteiger charge is -2.01. The first kappa shape index (κ1) is 14.5. The van der Waals surface area contributed by atoms with Crippen molar-refractivity contribution in [3.05, 3.63) is 52.7 Å². The van der Waals surface area contributed by atoms with Gasteiger partial charge >= 0.3 is 0 Å². The van der Waals surface area contributed by atoms with E-state index in [2.05, 4.69) is 24.0 Å². The van der Waals surface area contributed by atoms with Crippen LogP contribution < -0.4 is 0 Å². The Morgan fingerprint density at radius 2 is 1.85 bits per heavy atom. The van der Waals surface area contributed by atoms with E-state index in [1.807, 2.05) is 38.1 Å². The zero-order valence-corrected chi connectivity index (χ0v) is 13.0. The highest BCUT2D eigenvalue weighted by Gasteiger charge is 2.14. The highest BCUT2D eigenvalue weighted by molar-refractivity contribution is 7.17. The largest absolute Gasteiger partial charge is 0.383 e. The Morgan fingerprint density at radius 1 is 1.20 bits per heavy atom. The Morgan fingerprint density at radius 3 is 2.45 bits per heavy atom. The van der Waals surface area contributed by atoms with Crippen molar-refractivity contribution in [2.45, 2.75) is 13.8 Å². The van der Waals surface area contributed by atoms with Crippen molar-refractivity contribution in [2.24, 2.45) is 0 Å². The molecule has 0 saturated heterocycles. The van der Waals surface area contributed by atoms with Crippen molar-refractivity contribution in [1.82, 2.24) is 9.88 Å². The molecule has 0 N–H and O–H groups in total. The molecule has 0 unspecified atom stereocenters. The lowest BCUT2D eigenvalue weighted by Crippen LogP contribution is -2.02. The third-order valence-corrected chi connectivity index (χ3v) is 4.06. The summed E-state index contributed by atoms with van der Waals surface area (Å²) >= 11 is 1.45. The fraction of sp³-hybridized carbons (Fsp3) is 0.250. The van der Waals surface area contributed by atoms with Gasteiger partial charge in [0.2, 0.25) is 0 Å². The number of aromatic nitrogens is 1. The van der Waals surface area contributed by atoms with Crippen LogP contribution in [-0.2, 0) is 0 Å². The van der Waals surface area contributed by atoms with E-state index in [1.54, 1.807) is 12.3 Å². The first-order valence-electron chi connectivity index (χ1n) is 6.41. The zero-order chi connectivity index (χ0) is 14.7. The van der Waals surface area contributed by atoms with Gasteiger partial charge < -0.3 is 4.90 Å². The highest BCUT2D eigenvalue weighted by Crippen LogP contribution is 2.28. The van der Waals surface area contributed by atoms with Crippen LogP contribution in [0, 0.1) is 13.8 Å². The average molecular weight is 286 g/mol. The lowest BCUT2D eigenvalue weighted by atomic mass is 10.2. The number of allylic oxidation sites excluding steroid dienone is 1. The number of hydrogen-bond donors (Lipinski definition) is 0. The van der Waals surface area contributed by atoms with Crippen LogP contribution in [0.5, 0.6) is 0 Å². The van der Waals surface area contributed by atoms with Crippen molar-refractivity contribution in [2.75, 3.05) is 14.1 Å². The molecule has 2 aromatic rings. The second-order valence-corrected chi connectivity index (χ2v) is 5.94. The van der Waals surface area contributed by atoms with Crippen molar-refractivity contribution in [3.8, 4) is 10.6 Å². The predicted molar refractivity (Wildman–Crippen MR) is 84.2 cm³/mol. The number of hydrogen-bond acceptors (Lipinski definition) is 4. The van der Waals surface area contributed by atoms with Gasteiger partial charge in [0.1, 0.15) is 5.01 Å². The van der Waals surface area contributed by atoms with E-state index in [0.29, 0.717) is 4.88 Å². The van der Waals surface area contributed by atoms with Gasteiger partial charge in [-0.1, -0.05) is 29.8 Å². The fourth-order valence-corrected chi connectivity index (χ4v) is 2.73. The number of aryl methyl sites for hydroxylation is 2. The minimum atomic E-state index is 0.00654. The van der Waals surface area contributed by atoms with Gasteiger partial charge in [0, 0.05) is 31.9 Å². The van der Waals surface area contributed by atoms with Crippen LogP contribution in [0.3, 0.4) is 0 Å². The molecule has 1 aromatic heterocycles. The third-order valence-electron chi connectivity index (χ3n) is 2.84. The van der Waals surface area contributed by atoms with Gasteiger partial charge in [-0.2, -0.15) is 0 Å². The van der Waals surface area contributed by atoms with Crippen molar-refractivity contribution in [1.29, 1.82) is 0 Å². The predicted octanol–water partition coefficient (Wildman–Crippen LogP) is 3.68. The maximum atomic E-state index is 12.1. The molecule has 0 aliphatic heterocycles. The monoisotopic (exact) mass is 286 g/mol. The van der Waals surface area contributed by atoms with Crippen LogP contribution in [0.25, 0.3) is 10.6 Å². The van der Waals surface area contributed by atoms with Crippen molar-refractivity contribution >= 4 is 17.1 Å². The number of nitrogens with zero attached hydrogens (tertiary/aromatic N) is 2. The summed E-state index contributed by atoms with van der Waals surface area (Å²) in [6, 6.07) is 8.19. The summed E-state index contributed by atoms with van der Waals surface area (Å²) in [4.78, 5) is 19.2. The highest BCUT2D eigenvalue weighted by atomic mass is 32.1. The summed E-state index contributed by atoms with van der Waals surface area (Å²) in [6.07, 6.45) is 3.34. The molecule has 0 spiro atoms. The number of carbonyl (C=O) groups is 1. The van der Waals surface area contributed by atoms with Crippen LogP contribution in [0.2, 0.25) is 0 Å². The maximum absolute atomic E-state index is 12.1. The summed E-state index contributed by atoms with van der Waals surface area (Å²) in [5.74, 6) is 0.00654. The van der Waals surface area contributed by atoms with Gasteiger partial charge in [0.15, 0.2) is 5.78 Å². The molecular formula is C16H18N2OS. The molecule has 0 atom stereocenters. The van der Waals surface area contributed by atoms with E-state index in [9.17, 15) is 4.79 Å². The topological polar surface area (TPSA) is 33.2 Å². The van der Waals surface area contributed by atoms with Gasteiger partial charge in [-0.3, -0.25) is 4.79 Å². The molecular weight excluding hydrogens is 268 g/mol. The Labute approximate surface area is 123 Å². The van der Waals surface area contributed by atoms with E-state index < -0.39 is 0 Å². The van der Waals surface area contributed by atoms with Crippen molar-refractivity contribution < 1.29 is 4.79 Å². The van der Waals surface area contributed by atoms with Crippen LogP contribution in [0.1, 0.15) is 20.9 Å². The summed E-state index contributed by atoms with van der Waals surface area (Å²) in [5, 5.41) is 0.893. The van der Waals surface area contributed by atoms with Gasteiger partial charge in [-0.05, 0) is 13.8 Å². The van der Waals surface area contributed by atoms with Gasteiger partial charge in [-0.25, -0.2) is 4.98 Å². The summed E-state index contributed by atoms with van der Waals surface area (Å²) in [6.45, 7) is 3.93. The maximum Gasteiger partial charge on any atom is 0.199 e. The molecule has 0 aliphatic rings. The Balaban J connectivity index is 2.30. The quantitative estimate of drug-likeness (QED) is 0.635. The molecule has 0 aliphatic carbocycles. The van der Waals surface area contributed by atoms with E-state index in [1.165, 1.54) is 16.9 Å². The molecule has 0 saturated carbocycles. The fourth-order valence-electron chi connectivity index (χ4n) is 1.74. The number of rotatable bonds is 4. The zero-order valence-electron chi connectivity index (χ0n) is 12.2. The van der Waals surface area contributed by atoms with E-state index in [0.717, 1.165) is 16.3 Å². The molecule has 2 rings (SSSR count). The Kier molecular flexibility index (Phi) is 4.35. The Hall–Kier alpha value is -1.94. The number of thiazole rings is 1. The van der Waals surface area contributed by atoms with E-state index >= 15 is 0 Å². The molecule has 0 amide bonds. The molecule has 104 valence electrons. The minimum Gasteiger partial charge on any atom is -0.383 e. The van der Waals surface area contributed by atoms with Crippen LogP contribution in [0.4, 0.5) is 0 Å². The first-order chi connectivity index (χ1) is 9.47. The molecule has 1 aromatic carbocycles. The smallest absolute Gasteiger partial charge is 0.199 e. The van der Waals surface area contributed by atoms with E-state index in [4.69, 9.17) is 0 Å². The second-order valence-electron chi connectivity index (χ2n) is 4.94. The molecule has 0 radical (unpaired) electrons. The Bertz CT molecular complexity index is 639. The molecule has 0 fully saturated rings. The number of carbonyl (C=O) groups excluding carboxylic acids is 1. The van der Waals surface area contributed by atoms with Crippen LogP contribution in [0.15, 0.2) is 36.5 Å². The molecule has 20 heavy (non-hydrogen) atoms.